The summed E-state index contributed by atoms with van der Waals surface area (Å²) in [5.41, 5.74) is -2.22. The zero-order valence-corrected chi connectivity index (χ0v) is 9.20. The Morgan fingerprint density at radius 2 is 1.43 bits per heavy atom. The highest BCUT2D eigenvalue weighted by Crippen LogP contribution is 2.45. The Morgan fingerprint density at radius 1 is 1.07 bits per heavy atom. The molecule has 0 radical (unpaired) electrons. The predicted molar refractivity (Wildman–Crippen MR) is 48.8 cm³/mol. The summed E-state index contributed by atoms with van der Waals surface area (Å²) in [5.74, 6) is -2.07. The molecule has 0 bridgehead atoms. The SMILES string of the molecule is CC(C)C(=O)C(C)(C(C)C)C(F)(F)F. The normalized spacial score (nSPS) is 17.3. The van der Waals surface area contributed by atoms with Gasteiger partial charge in [-0.25, -0.2) is 0 Å². The van der Waals surface area contributed by atoms with Gasteiger partial charge in [-0.3, -0.25) is 4.79 Å². The molecule has 0 heterocycles. The molecule has 0 spiro atoms. The van der Waals surface area contributed by atoms with Gasteiger partial charge in [-0.05, 0) is 12.8 Å². The Hall–Kier alpha value is -0.540. The molecule has 0 saturated heterocycles. The molecule has 4 heteroatoms. The van der Waals surface area contributed by atoms with Crippen molar-refractivity contribution in [3.63, 3.8) is 0 Å². The molecular weight excluding hydrogens is 193 g/mol. The van der Waals surface area contributed by atoms with E-state index in [1.807, 2.05) is 0 Å². The first kappa shape index (κ1) is 13.5. The Labute approximate surface area is 82.7 Å². The number of halogens is 3. The molecule has 0 aliphatic heterocycles. The molecule has 0 aromatic rings. The number of carbonyl (C=O) groups is 1. The van der Waals surface area contributed by atoms with Gasteiger partial charge in [-0.15, -0.1) is 0 Å². The van der Waals surface area contributed by atoms with Crippen LogP contribution in [0.15, 0.2) is 0 Å². The van der Waals surface area contributed by atoms with Crippen molar-refractivity contribution in [3.05, 3.63) is 0 Å². The van der Waals surface area contributed by atoms with Crippen LogP contribution in [0.1, 0.15) is 34.6 Å². The summed E-state index contributed by atoms with van der Waals surface area (Å²) >= 11 is 0. The van der Waals surface area contributed by atoms with Gasteiger partial charge >= 0.3 is 6.18 Å². The maximum atomic E-state index is 12.7. The molecule has 0 saturated carbocycles. The van der Waals surface area contributed by atoms with Crippen LogP contribution in [-0.2, 0) is 4.79 Å². The molecule has 0 aromatic carbocycles. The Bertz CT molecular complexity index is 218. The minimum absolute atomic E-state index is 0.593. The van der Waals surface area contributed by atoms with Crippen LogP contribution in [0.2, 0.25) is 0 Å². The smallest absolute Gasteiger partial charge is 0.298 e. The number of hydrogen-bond acceptors (Lipinski definition) is 1. The van der Waals surface area contributed by atoms with E-state index in [0.29, 0.717) is 0 Å². The van der Waals surface area contributed by atoms with Crippen molar-refractivity contribution in [2.24, 2.45) is 17.3 Å². The molecule has 0 aliphatic rings. The quantitative estimate of drug-likeness (QED) is 0.697. The van der Waals surface area contributed by atoms with Crippen LogP contribution < -0.4 is 0 Å². The third-order valence-corrected chi connectivity index (χ3v) is 2.78. The minimum atomic E-state index is -4.47. The van der Waals surface area contributed by atoms with Gasteiger partial charge < -0.3 is 0 Å². The Morgan fingerprint density at radius 3 is 1.50 bits per heavy atom. The standard InChI is InChI=1S/C10H17F3O/c1-6(2)8(14)9(5,7(3)4)10(11,12)13/h6-7H,1-5H3. The van der Waals surface area contributed by atoms with Crippen LogP contribution in [0.5, 0.6) is 0 Å². The second-order valence-corrected chi connectivity index (χ2v) is 4.37. The van der Waals surface area contributed by atoms with Gasteiger partial charge in [0.1, 0.15) is 5.41 Å². The molecule has 0 amide bonds. The molecule has 0 fully saturated rings. The highest BCUT2D eigenvalue weighted by atomic mass is 19.4. The third kappa shape index (κ3) is 2.10. The lowest BCUT2D eigenvalue weighted by atomic mass is 9.71. The molecule has 1 nitrogen and oxygen atoms in total. The molecule has 0 rings (SSSR count). The van der Waals surface area contributed by atoms with Crippen molar-refractivity contribution in [2.45, 2.75) is 40.8 Å². The van der Waals surface area contributed by atoms with Crippen LogP contribution in [0.3, 0.4) is 0 Å². The van der Waals surface area contributed by atoms with E-state index in [4.69, 9.17) is 0 Å². The Kier molecular flexibility index (Phi) is 3.76. The molecule has 14 heavy (non-hydrogen) atoms. The molecule has 0 aromatic heterocycles. The summed E-state index contributed by atoms with van der Waals surface area (Å²) in [5, 5.41) is 0. The number of Topliss-reactive ketones (excluding diaryl/α,β-unsaturated/α-hetero) is 1. The summed E-state index contributed by atoms with van der Waals surface area (Å²) in [4.78, 5) is 11.5. The van der Waals surface area contributed by atoms with Crippen LogP contribution in [-0.4, -0.2) is 12.0 Å². The fraction of sp³-hybridized carbons (Fsp3) is 0.900. The van der Waals surface area contributed by atoms with Gasteiger partial charge in [0.05, 0.1) is 0 Å². The summed E-state index contributed by atoms with van der Waals surface area (Å²) in [6.45, 7) is 6.82. The van der Waals surface area contributed by atoms with E-state index in [1.165, 1.54) is 27.7 Å². The van der Waals surface area contributed by atoms with Crippen LogP contribution >= 0.6 is 0 Å². The Balaban J connectivity index is 5.23. The van der Waals surface area contributed by atoms with Gasteiger partial charge in [0.25, 0.3) is 0 Å². The average molecular weight is 210 g/mol. The maximum Gasteiger partial charge on any atom is 0.401 e. The van der Waals surface area contributed by atoms with Crippen molar-refractivity contribution in [1.29, 1.82) is 0 Å². The van der Waals surface area contributed by atoms with Crippen molar-refractivity contribution < 1.29 is 18.0 Å². The van der Waals surface area contributed by atoms with E-state index < -0.39 is 29.2 Å². The molecule has 84 valence electrons. The van der Waals surface area contributed by atoms with Crippen LogP contribution in [0.25, 0.3) is 0 Å². The average Bonchev–Trinajstić information content (AvgIpc) is 1.98. The third-order valence-electron chi connectivity index (χ3n) is 2.78. The van der Waals surface area contributed by atoms with Crippen molar-refractivity contribution in [1.82, 2.24) is 0 Å². The van der Waals surface area contributed by atoms with Gasteiger partial charge in [0, 0.05) is 5.92 Å². The lowest BCUT2D eigenvalue weighted by Gasteiger charge is -2.35. The van der Waals surface area contributed by atoms with E-state index in [2.05, 4.69) is 0 Å². The highest BCUT2D eigenvalue weighted by molar-refractivity contribution is 5.87. The first-order valence-electron chi connectivity index (χ1n) is 4.66. The van der Waals surface area contributed by atoms with Gasteiger partial charge in [0.15, 0.2) is 5.78 Å². The summed E-state index contributed by atoms with van der Waals surface area (Å²) < 4.78 is 38.2. The fourth-order valence-electron chi connectivity index (χ4n) is 1.35. The predicted octanol–water partition coefficient (Wildman–Crippen LogP) is 3.44. The first-order chi connectivity index (χ1) is 6.05. The number of hydrogen-bond donors (Lipinski definition) is 0. The zero-order valence-electron chi connectivity index (χ0n) is 9.20. The second-order valence-electron chi connectivity index (χ2n) is 4.37. The summed E-state index contributed by atoms with van der Waals surface area (Å²) in [6, 6.07) is 0. The van der Waals surface area contributed by atoms with Gasteiger partial charge in [-0.2, -0.15) is 13.2 Å². The maximum absolute atomic E-state index is 12.7. The van der Waals surface area contributed by atoms with Gasteiger partial charge in [0.2, 0.25) is 0 Å². The van der Waals surface area contributed by atoms with E-state index in [9.17, 15) is 18.0 Å². The largest absolute Gasteiger partial charge is 0.401 e. The summed E-state index contributed by atoms with van der Waals surface area (Å²) in [7, 11) is 0. The van der Waals surface area contributed by atoms with Gasteiger partial charge in [-0.1, -0.05) is 27.7 Å². The minimum Gasteiger partial charge on any atom is -0.298 e. The molecule has 0 N–H and O–H groups in total. The molecule has 0 aliphatic carbocycles. The topological polar surface area (TPSA) is 17.1 Å². The molecular formula is C10H17F3O. The van der Waals surface area contributed by atoms with E-state index in [0.717, 1.165) is 6.92 Å². The number of carbonyl (C=O) groups excluding carboxylic acids is 1. The van der Waals surface area contributed by atoms with Crippen molar-refractivity contribution in [2.75, 3.05) is 0 Å². The van der Waals surface area contributed by atoms with Crippen molar-refractivity contribution >= 4 is 5.78 Å². The molecule has 1 unspecified atom stereocenters. The van der Waals surface area contributed by atoms with Crippen LogP contribution in [0.4, 0.5) is 13.2 Å². The monoisotopic (exact) mass is 210 g/mol. The second kappa shape index (κ2) is 3.91. The lowest BCUT2D eigenvalue weighted by molar-refractivity contribution is -0.229. The van der Waals surface area contributed by atoms with E-state index >= 15 is 0 Å². The molecule has 1 atom stereocenters. The zero-order chi connectivity index (χ0) is 11.7. The first-order valence-corrected chi connectivity index (χ1v) is 4.66. The number of rotatable bonds is 3. The number of ketones is 1. The van der Waals surface area contributed by atoms with Crippen molar-refractivity contribution in [3.8, 4) is 0 Å². The number of alkyl halides is 3. The fourth-order valence-corrected chi connectivity index (χ4v) is 1.35. The lowest BCUT2D eigenvalue weighted by Crippen LogP contribution is -2.48. The van der Waals surface area contributed by atoms with E-state index in [-0.39, 0.29) is 0 Å². The van der Waals surface area contributed by atoms with Crippen LogP contribution in [0, 0.1) is 17.3 Å². The summed E-state index contributed by atoms with van der Waals surface area (Å²) in [6.07, 6.45) is -4.47. The van der Waals surface area contributed by atoms with E-state index in [1.54, 1.807) is 0 Å². The highest BCUT2D eigenvalue weighted by Gasteiger charge is 2.58.